The van der Waals surface area contributed by atoms with Crippen molar-refractivity contribution in [2.45, 2.75) is 19.3 Å². The first kappa shape index (κ1) is 20.9. The Morgan fingerprint density at radius 1 is 1.03 bits per heavy atom. The van der Waals surface area contributed by atoms with Crippen molar-refractivity contribution in [3.05, 3.63) is 53.1 Å². The van der Waals surface area contributed by atoms with Gasteiger partial charge in [-0.1, -0.05) is 6.07 Å². The number of benzene rings is 2. The summed E-state index contributed by atoms with van der Waals surface area (Å²) in [7, 11) is 4.50. The molecular formula is C22H25F2NO4. The molecule has 0 unspecified atom stereocenters. The summed E-state index contributed by atoms with van der Waals surface area (Å²) in [6.07, 6.45) is 0.376. The smallest absolute Gasteiger partial charge is 0.219 e. The zero-order valence-corrected chi connectivity index (χ0v) is 17.0. The van der Waals surface area contributed by atoms with Crippen LogP contribution >= 0.6 is 0 Å². The number of amides is 1. The Balaban J connectivity index is 1.97. The van der Waals surface area contributed by atoms with E-state index >= 15 is 0 Å². The third-order valence-electron chi connectivity index (χ3n) is 5.49. The molecule has 3 rings (SSSR count). The number of hydrogen-bond donors (Lipinski definition) is 0. The molecular weight excluding hydrogens is 380 g/mol. The Morgan fingerprint density at radius 3 is 2.38 bits per heavy atom. The topological polar surface area (TPSA) is 48.0 Å². The van der Waals surface area contributed by atoms with E-state index in [9.17, 15) is 13.6 Å². The molecule has 1 fully saturated rings. The molecule has 5 nitrogen and oxygen atoms in total. The first-order valence-corrected chi connectivity index (χ1v) is 9.37. The van der Waals surface area contributed by atoms with E-state index in [0.717, 1.165) is 11.6 Å². The highest BCUT2D eigenvalue weighted by molar-refractivity contribution is 5.73. The molecule has 1 aliphatic rings. The lowest BCUT2D eigenvalue weighted by Crippen LogP contribution is -2.26. The Morgan fingerprint density at radius 2 is 1.76 bits per heavy atom. The Kier molecular flexibility index (Phi) is 6.25. The monoisotopic (exact) mass is 405 g/mol. The van der Waals surface area contributed by atoms with E-state index < -0.39 is 11.6 Å². The van der Waals surface area contributed by atoms with E-state index in [4.69, 9.17) is 14.2 Å². The van der Waals surface area contributed by atoms with Crippen LogP contribution in [-0.2, 0) is 11.2 Å². The first-order valence-electron chi connectivity index (χ1n) is 9.37. The van der Waals surface area contributed by atoms with E-state index in [-0.39, 0.29) is 23.5 Å². The number of rotatable bonds is 6. The van der Waals surface area contributed by atoms with Gasteiger partial charge < -0.3 is 19.1 Å². The molecule has 0 saturated carbocycles. The van der Waals surface area contributed by atoms with Gasteiger partial charge in [0.25, 0.3) is 0 Å². The van der Waals surface area contributed by atoms with Gasteiger partial charge in [-0.15, -0.1) is 0 Å². The standard InChI is InChI=1S/C22H25F2NO4/c1-13(26)25-11-16(7-15-8-17(23)10-19(24)22(15)29-4)18(12-25)14-5-6-20(27-2)21(9-14)28-3/h5-6,8-10,16,18H,7,11-12H2,1-4H3/t16-,18+/m1/s1. The highest BCUT2D eigenvalue weighted by atomic mass is 19.1. The molecule has 2 aromatic carbocycles. The maximum absolute atomic E-state index is 14.1. The fourth-order valence-corrected chi connectivity index (χ4v) is 4.07. The summed E-state index contributed by atoms with van der Waals surface area (Å²) in [6, 6.07) is 7.76. The molecule has 0 aromatic heterocycles. The SMILES string of the molecule is COc1ccc([C@@H]2CN(C(C)=O)C[C@H]2Cc2cc(F)cc(F)c2OC)cc1OC. The molecule has 2 atom stereocenters. The van der Waals surface area contributed by atoms with E-state index in [1.54, 1.807) is 19.1 Å². The van der Waals surface area contributed by atoms with E-state index in [2.05, 4.69) is 0 Å². The van der Waals surface area contributed by atoms with Crippen LogP contribution in [0.5, 0.6) is 17.2 Å². The lowest BCUT2D eigenvalue weighted by molar-refractivity contribution is -0.127. The van der Waals surface area contributed by atoms with Gasteiger partial charge in [0.15, 0.2) is 23.1 Å². The molecule has 0 spiro atoms. The Bertz CT molecular complexity index is 903. The van der Waals surface area contributed by atoms with E-state index in [1.165, 1.54) is 20.1 Å². The van der Waals surface area contributed by atoms with Crippen LogP contribution < -0.4 is 14.2 Å². The van der Waals surface area contributed by atoms with Crippen LogP contribution in [0.1, 0.15) is 24.0 Å². The second-order valence-electron chi connectivity index (χ2n) is 7.19. The minimum Gasteiger partial charge on any atom is -0.493 e. The van der Waals surface area contributed by atoms with Gasteiger partial charge in [0, 0.05) is 37.6 Å². The van der Waals surface area contributed by atoms with Crippen molar-refractivity contribution in [3.8, 4) is 17.2 Å². The molecule has 2 aromatic rings. The summed E-state index contributed by atoms with van der Waals surface area (Å²) in [6.45, 7) is 2.54. The van der Waals surface area contributed by atoms with Crippen LogP contribution in [-0.4, -0.2) is 45.2 Å². The molecule has 0 N–H and O–H groups in total. The summed E-state index contributed by atoms with van der Waals surface area (Å²) < 4.78 is 43.8. The molecule has 7 heteroatoms. The molecule has 0 radical (unpaired) electrons. The quantitative estimate of drug-likeness (QED) is 0.734. The Hall–Kier alpha value is -2.83. The average molecular weight is 405 g/mol. The van der Waals surface area contributed by atoms with Gasteiger partial charge in [0.05, 0.1) is 21.3 Å². The normalized spacial score (nSPS) is 18.6. The Labute approximate surface area is 169 Å². The molecule has 29 heavy (non-hydrogen) atoms. The molecule has 1 heterocycles. The van der Waals surface area contributed by atoms with Crippen LogP contribution in [0.15, 0.2) is 30.3 Å². The first-order chi connectivity index (χ1) is 13.9. The van der Waals surface area contributed by atoms with Gasteiger partial charge in [-0.3, -0.25) is 4.79 Å². The molecule has 156 valence electrons. The van der Waals surface area contributed by atoms with Gasteiger partial charge in [-0.2, -0.15) is 0 Å². The summed E-state index contributed by atoms with van der Waals surface area (Å²) in [4.78, 5) is 13.8. The minimum atomic E-state index is -0.730. The predicted molar refractivity (Wildman–Crippen MR) is 105 cm³/mol. The van der Waals surface area contributed by atoms with Gasteiger partial charge in [-0.05, 0) is 36.1 Å². The number of carbonyl (C=O) groups excluding carboxylic acids is 1. The molecule has 0 bridgehead atoms. The van der Waals surface area contributed by atoms with Gasteiger partial charge in [0.1, 0.15) is 5.82 Å². The lowest BCUT2D eigenvalue weighted by Gasteiger charge is -2.21. The molecule has 1 aliphatic heterocycles. The maximum atomic E-state index is 14.1. The van der Waals surface area contributed by atoms with E-state index in [1.807, 2.05) is 18.2 Å². The largest absolute Gasteiger partial charge is 0.493 e. The van der Waals surface area contributed by atoms with Crippen molar-refractivity contribution >= 4 is 5.91 Å². The number of ether oxygens (including phenoxy) is 3. The van der Waals surface area contributed by atoms with Crippen molar-refractivity contribution < 1.29 is 27.8 Å². The van der Waals surface area contributed by atoms with Crippen LogP contribution in [0.2, 0.25) is 0 Å². The highest BCUT2D eigenvalue weighted by Gasteiger charge is 2.36. The van der Waals surface area contributed by atoms with Crippen molar-refractivity contribution in [2.24, 2.45) is 5.92 Å². The van der Waals surface area contributed by atoms with Gasteiger partial charge in [-0.25, -0.2) is 8.78 Å². The summed E-state index contributed by atoms with van der Waals surface area (Å²) in [5.41, 5.74) is 1.43. The fourth-order valence-electron chi connectivity index (χ4n) is 4.07. The third-order valence-corrected chi connectivity index (χ3v) is 5.49. The number of carbonyl (C=O) groups is 1. The number of methoxy groups -OCH3 is 3. The van der Waals surface area contributed by atoms with E-state index in [0.29, 0.717) is 36.6 Å². The average Bonchev–Trinajstić information content (AvgIpc) is 3.11. The van der Waals surface area contributed by atoms with Crippen molar-refractivity contribution in [1.29, 1.82) is 0 Å². The highest BCUT2D eigenvalue weighted by Crippen LogP contribution is 2.40. The van der Waals surface area contributed by atoms with Crippen molar-refractivity contribution in [2.75, 3.05) is 34.4 Å². The second kappa shape index (κ2) is 8.68. The zero-order chi connectivity index (χ0) is 21.1. The van der Waals surface area contributed by atoms with Crippen LogP contribution in [0, 0.1) is 17.6 Å². The van der Waals surface area contributed by atoms with Crippen LogP contribution in [0.4, 0.5) is 8.78 Å². The molecule has 0 aliphatic carbocycles. The molecule has 1 amide bonds. The predicted octanol–water partition coefficient (Wildman–Crippen LogP) is 3.80. The summed E-state index contributed by atoms with van der Waals surface area (Å²) >= 11 is 0. The van der Waals surface area contributed by atoms with Gasteiger partial charge in [0.2, 0.25) is 5.91 Å². The van der Waals surface area contributed by atoms with Crippen molar-refractivity contribution in [1.82, 2.24) is 4.90 Å². The second-order valence-corrected chi connectivity index (χ2v) is 7.19. The zero-order valence-electron chi connectivity index (χ0n) is 17.0. The minimum absolute atomic E-state index is 0.0188. The number of likely N-dealkylation sites (tertiary alicyclic amines) is 1. The third kappa shape index (κ3) is 4.28. The number of nitrogens with zero attached hydrogens (tertiary/aromatic N) is 1. The van der Waals surface area contributed by atoms with Crippen molar-refractivity contribution in [3.63, 3.8) is 0 Å². The molecule has 1 saturated heterocycles. The maximum Gasteiger partial charge on any atom is 0.219 e. The summed E-state index contributed by atoms with van der Waals surface area (Å²) in [5, 5.41) is 0. The number of hydrogen-bond acceptors (Lipinski definition) is 4. The lowest BCUT2D eigenvalue weighted by atomic mass is 9.84. The fraction of sp³-hybridized carbons (Fsp3) is 0.409. The van der Waals surface area contributed by atoms with Crippen LogP contribution in [0.3, 0.4) is 0 Å². The number of halogens is 2. The summed E-state index contributed by atoms with van der Waals surface area (Å²) in [5.74, 6) is -0.215. The van der Waals surface area contributed by atoms with Gasteiger partial charge >= 0.3 is 0 Å². The van der Waals surface area contributed by atoms with Crippen LogP contribution in [0.25, 0.3) is 0 Å².